The first-order valence-electron chi connectivity index (χ1n) is 11.1. The van der Waals surface area contributed by atoms with Gasteiger partial charge in [0.15, 0.2) is 0 Å². The molecular weight excluding hydrogens is 392 g/mol. The van der Waals surface area contributed by atoms with Crippen LogP contribution in [-0.4, -0.2) is 49.0 Å². The van der Waals surface area contributed by atoms with Crippen LogP contribution in [0.4, 0.5) is 0 Å². The van der Waals surface area contributed by atoms with Crippen molar-refractivity contribution in [3.05, 3.63) is 54.6 Å². The largest absolute Gasteiger partial charge is 0.341 e. The Labute approximate surface area is 181 Å². The second-order valence-corrected chi connectivity index (χ2v) is 8.55. The van der Waals surface area contributed by atoms with E-state index in [0.29, 0.717) is 42.8 Å². The molecular formula is C23H26N6O2. The molecule has 1 saturated carbocycles. The number of rotatable bonds is 5. The molecule has 4 heterocycles. The SMILES string of the molecule is O=C(CC1CCCCC1)N1C[C@@H](c2cccnc2)[C@H](c2nc(-c3cnccn3)no2)C1. The van der Waals surface area contributed by atoms with Crippen LogP contribution in [-0.2, 0) is 4.79 Å². The van der Waals surface area contributed by atoms with Crippen molar-refractivity contribution in [2.24, 2.45) is 5.92 Å². The summed E-state index contributed by atoms with van der Waals surface area (Å²) in [5.74, 6) is 1.69. The van der Waals surface area contributed by atoms with Crippen molar-refractivity contribution in [3.63, 3.8) is 0 Å². The third kappa shape index (κ3) is 4.33. The highest BCUT2D eigenvalue weighted by atomic mass is 16.5. The Morgan fingerprint density at radius 2 is 1.87 bits per heavy atom. The Morgan fingerprint density at radius 3 is 2.65 bits per heavy atom. The molecule has 1 amide bonds. The molecule has 8 nitrogen and oxygen atoms in total. The molecule has 0 spiro atoms. The smallest absolute Gasteiger partial charge is 0.232 e. The number of carbonyl (C=O) groups excluding carboxylic acids is 1. The quantitative estimate of drug-likeness (QED) is 0.624. The number of hydrogen-bond donors (Lipinski definition) is 0. The highest BCUT2D eigenvalue weighted by Crippen LogP contribution is 2.40. The predicted molar refractivity (Wildman–Crippen MR) is 113 cm³/mol. The molecule has 160 valence electrons. The van der Waals surface area contributed by atoms with Gasteiger partial charge in [-0.05, 0) is 30.4 Å². The van der Waals surface area contributed by atoms with Crippen molar-refractivity contribution in [3.8, 4) is 11.5 Å². The summed E-state index contributed by atoms with van der Waals surface area (Å²) < 4.78 is 5.65. The first kappa shape index (κ1) is 19.8. The highest BCUT2D eigenvalue weighted by molar-refractivity contribution is 5.77. The Bertz CT molecular complexity index is 1000. The molecule has 0 radical (unpaired) electrons. The van der Waals surface area contributed by atoms with Gasteiger partial charge in [0.1, 0.15) is 5.69 Å². The van der Waals surface area contributed by atoms with Crippen molar-refractivity contribution in [1.29, 1.82) is 0 Å². The van der Waals surface area contributed by atoms with Crippen molar-refractivity contribution >= 4 is 5.91 Å². The molecule has 0 N–H and O–H groups in total. The molecule has 2 atom stereocenters. The summed E-state index contributed by atoms with van der Waals surface area (Å²) in [7, 11) is 0. The lowest BCUT2D eigenvalue weighted by molar-refractivity contribution is -0.131. The maximum Gasteiger partial charge on any atom is 0.232 e. The zero-order chi connectivity index (χ0) is 21.0. The lowest BCUT2D eigenvalue weighted by Crippen LogP contribution is -2.30. The maximum atomic E-state index is 13.1. The van der Waals surface area contributed by atoms with E-state index in [1.165, 1.54) is 32.1 Å². The second kappa shape index (κ2) is 8.91. The van der Waals surface area contributed by atoms with Crippen LogP contribution in [0.2, 0.25) is 0 Å². The average molecular weight is 419 g/mol. The van der Waals surface area contributed by atoms with Gasteiger partial charge in [-0.3, -0.25) is 14.8 Å². The van der Waals surface area contributed by atoms with Crippen molar-refractivity contribution in [1.82, 2.24) is 30.0 Å². The summed E-state index contributed by atoms with van der Waals surface area (Å²) in [5, 5.41) is 4.11. The lowest BCUT2D eigenvalue weighted by atomic mass is 9.87. The summed E-state index contributed by atoms with van der Waals surface area (Å²) in [6.45, 7) is 1.22. The molecule has 2 aliphatic rings. The molecule has 3 aromatic rings. The number of nitrogens with zero attached hydrogens (tertiary/aromatic N) is 6. The topological polar surface area (TPSA) is 97.9 Å². The second-order valence-electron chi connectivity index (χ2n) is 8.55. The van der Waals surface area contributed by atoms with Gasteiger partial charge in [0.05, 0.1) is 12.1 Å². The molecule has 0 unspecified atom stereocenters. The van der Waals surface area contributed by atoms with E-state index in [9.17, 15) is 4.79 Å². The van der Waals surface area contributed by atoms with Gasteiger partial charge < -0.3 is 9.42 Å². The summed E-state index contributed by atoms with van der Waals surface area (Å²) in [6.07, 6.45) is 15.2. The van der Waals surface area contributed by atoms with Gasteiger partial charge in [-0.1, -0.05) is 30.5 Å². The van der Waals surface area contributed by atoms with Crippen LogP contribution in [0.3, 0.4) is 0 Å². The normalized spacial score (nSPS) is 22.0. The zero-order valence-electron chi connectivity index (χ0n) is 17.4. The van der Waals surface area contributed by atoms with Crippen LogP contribution in [0, 0.1) is 5.92 Å². The summed E-state index contributed by atoms with van der Waals surface area (Å²) in [4.78, 5) is 32.3. The minimum atomic E-state index is -0.0718. The molecule has 1 aliphatic carbocycles. The van der Waals surface area contributed by atoms with E-state index in [2.05, 4.69) is 31.2 Å². The molecule has 0 bridgehead atoms. The number of amides is 1. The van der Waals surface area contributed by atoms with E-state index >= 15 is 0 Å². The van der Waals surface area contributed by atoms with Crippen LogP contribution in [0.1, 0.15) is 61.8 Å². The number of hydrogen-bond acceptors (Lipinski definition) is 7. The maximum absolute atomic E-state index is 13.1. The Balaban J connectivity index is 1.38. The number of carbonyl (C=O) groups is 1. The van der Waals surface area contributed by atoms with E-state index in [4.69, 9.17) is 4.52 Å². The van der Waals surface area contributed by atoms with E-state index in [0.717, 1.165) is 5.56 Å². The summed E-state index contributed by atoms with van der Waals surface area (Å²) in [5.41, 5.74) is 1.65. The van der Waals surface area contributed by atoms with Gasteiger partial charge in [-0.2, -0.15) is 4.98 Å². The first-order chi connectivity index (χ1) is 15.3. The van der Waals surface area contributed by atoms with E-state index in [1.807, 2.05) is 17.2 Å². The fourth-order valence-electron chi connectivity index (χ4n) is 4.86. The molecule has 1 saturated heterocycles. The first-order valence-corrected chi connectivity index (χ1v) is 11.1. The average Bonchev–Trinajstić information content (AvgIpc) is 3.49. The summed E-state index contributed by atoms with van der Waals surface area (Å²) >= 11 is 0. The van der Waals surface area contributed by atoms with Crippen LogP contribution in [0.5, 0.6) is 0 Å². The van der Waals surface area contributed by atoms with Crippen molar-refractivity contribution in [2.45, 2.75) is 50.4 Å². The van der Waals surface area contributed by atoms with Crippen LogP contribution in [0.25, 0.3) is 11.5 Å². The van der Waals surface area contributed by atoms with Gasteiger partial charge in [-0.25, -0.2) is 4.98 Å². The van der Waals surface area contributed by atoms with E-state index in [1.54, 1.807) is 24.8 Å². The van der Waals surface area contributed by atoms with E-state index in [-0.39, 0.29) is 17.7 Å². The predicted octanol–water partition coefficient (Wildman–Crippen LogP) is 3.60. The number of aromatic nitrogens is 5. The molecule has 0 aromatic carbocycles. The third-order valence-electron chi connectivity index (χ3n) is 6.52. The minimum Gasteiger partial charge on any atom is -0.341 e. The Morgan fingerprint density at radius 1 is 1.03 bits per heavy atom. The number of likely N-dealkylation sites (tertiary alicyclic amines) is 1. The fraction of sp³-hybridized carbons (Fsp3) is 0.478. The van der Waals surface area contributed by atoms with Gasteiger partial charge in [0.25, 0.3) is 0 Å². The van der Waals surface area contributed by atoms with Crippen LogP contribution >= 0.6 is 0 Å². The molecule has 2 fully saturated rings. The monoisotopic (exact) mass is 418 g/mol. The highest BCUT2D eigenvalue weighted by Gasteiger charge is 2.40. The van der Waals surface area contributed by atoms with Gasteiger partial charge >= 0.3 is 0 Å². The number of pyridine rings is 1. The summed E-state index contributed by atoms with van der Waals surface area (Å²) in [6, 6.07) is 3.98. The van der Waals surface area contributed by atoms with Crippen molar-refractivity contribution in [2.75, 3.05) is 13.1 Å². The zero-order valence-corrected chi connectivity index (χ0v) is 17.4. The molecule has 8 heteroatoms. The third-order valence-corrected chi connectivity index (χ3v) is 6.52. The van der Waals surface area contributed by atoms with Gasteiger partial charge in [0.2, 0.25) is 17.6 Å². The van der Waals surface area contributed by atoms with Gasteiger partial charge in [0, 0.05) is 50.2 Å². The van der Waals surface area contributed by atoms with Gasteiger partial charge in [-0.15, -0.1) is 0 Å². The molecule has 31 heavy (non-hydrogen) atoms. The lowest BCUT2D eigenvalue weighted by Gasteiger charge is -2.24. The molecule has 3 aromatic heterocycles. The minimum absolute atomic E-state index is 0.0687. The Hall–Kier alpha value is -3.16. The molecule has 5 rings (SSSR count). The van der Waals surface area contributed by atoms with E-state index < -0.39 is 0 Å². The standard InChI is InChI=1S/C23H26N6O2/c30-21(11-16-5-2-1-3-6-16)29-14-18(17-7-4-8-24-12-17)19(15-29)23-27-22(28-31-23)20-13-25-9-10-26-20/h4,7-10,12-13,16,18-19H,1-3,5-6,11,14-15H2/t18-,19+/m0/s1. The van der Waals surface area contributed by atoms with Crippen molar-refractivity contribution < 1.29 is 9.32 Å². The van der Waals surface area contributed by atoms with Crippen LogP contribution < -0.4 is 0 Å². The van der Waals surface area contributed by atoms with Crippen LogP contribution in [0.15, 0.2) is 47.6 Å². The Kier molecular flexibility index (Phi) is 5.69. The molecule has 1 aliphatic heterocycles. The fourth-order valence-corrected chi connectivity index (χ4v) is 4.86.